The molecule has 5 rings (SSSR count). The molecule has 39 heavy (non-hydrogen) atoms. The molecule has 0 aliphatic heterocycles. The number of nitrogens with one attached hydrogen (secondary N) is 2. The van der Waals surface area contributed by atoms with E-state index in [-0.39, 0.29) is 0 Å². The first kappa shape index (κ1) is 13.1. The molecular weight excluding hydrogens is 507 g/mol. The van der Waals surface area contributed by atoms with Crippen LogP contribution in [0.1, 0.15) is 47.7 Å². The number of carbonyl (C=O) groups is 1. The van der Waals surface area contributed by atoms with Gasteiger partial charge in [-0.3, -0.25) is 9.78 Å². The van der Waals surface area contributed by atoms with Gasteiger partial charge in [0.2, 0.25) is 5.95 Å². The minimum atomic E-state index is -5.37. The monoisotopic (exact) mass is 544 g/mol. The summed E-state index contributed by atoms with van der Waals surface area (Å²) in [7, 11) is 0. The normalized spacial score (nSPS) is 17.5. The lowest BCUT2D eigenvalue weighted by molar-refractivity contribution is -0.137. The Bertz CT molecular complexity index is 2340. The third kappa shape index (κ3) is 5.93. The Hall–Kier alpha value is -5.06. The number of benzene rings is 2. The van der Waals surface area contributed by atoms with Gasteiger partial charge in [-0.05, 0) is 67.7 Å². The van der Waals surface area contributed by atoms with Gasteiger partial charge in [0.15, 0.2) is 0 Å². The largest absolute Gasteiger partial charge is 0.416 e. The van der Waals surface area contributed by atoms with E-state index in [1.54, 1.807) is 0 Å². The van der Waals surface area contributed by atoms with Gasteiger partial charge in [-0.15, -0.1) is 0 Å². The van der Waals surface area contributed by atoms with Gasteiger partial charge in [0, 0.05) is 61.1 Å². The number of hydrogen-bond donors (Lipinski definition) is 2. The third-order valence-corrected chi connectivity index (χ3v) is 4.89. The molecule has 0 aliphatic carbocycles. The minimum Gasteiger partial charge on any atom is -0.324 e. The predicted octanol–water partition coefficient (Wildman–Crippen LogP) is 6.36. The van der Waals surface area contributed by atoms with Gasteiger partial charge < -0.3 is 15.2 Å². The van der Waals surface area contributed by atoms with Crippen LogP contribution in [0.25, 0.3) is 16.9 Å². The number of aryl methyl sites for hydroxylation is 2. The highest BCUT2D eigenvalue weighted by Crippen LogP contribution is 2.33. The zero-order valence-corrected chi connectivity index (χ0v) is 19.2. The Labute approximate surface area is 242 Å². The highest BCUT2D eigenvalue weighted by Gasteiger charge is 2.31. The second-order valence-electron chi connectivity index (χ2n) is 7.57. The molecule has 0 atom stereocenters. The molecule has 11 heteroatoms. The van der Waals surface area contributed by atoms with Crippen LogP contribution in [0, 0.1) is 13.7 Å². The molecule has 0 unspecified atom stereocenters. The van der Waals surface area contributed by atoms with E-state index in [9.17, 15) is 18.0 Å². The van der Waals surface area contributed by atoms with Gasteiger partial charge in [0.25, 0.3) is 5.91 Å². The topological polar surface area (TPSA) is 97.6 Å². The molecule has 0 saturated heterocycles. The summed E-state index contributed by atoms with van der Waals surface area (Å²) in [5.41, 5.74) is -6.82. The summed E-state index contributed by atoms with van der Waals surface area (Å²) in [5, 5.41) is 4.51. The fourth-order valence-corrected chi connectivity index (χ4v) is 3.14. The maximum absolute atomic E-state index is 14.2. The molecule has 0 saturated carbocycles. The number of amides is 1. The lowest BCUT2D eigenvalue weighted by Crippen LogP contribution is -2.14. The predicted molar refractivity (Wildman–Crippen MR) is 141 cm³/mol. The molecule has 196 valence electrons. The lowest BCUT2D eigenvalue weighted by Gasteiger charge is -2.14. The van der Waals surface area contributed by atoms with E-state index < -0.39 is 137 Å². The van der Waals surface area contributed by atoms with Crippen LogP contribution in [-0.2, 0) is 6.18 Å². The molecule has 0 fully saturated rings. The Kier molecular flexibility index (Phi) is 3.49. The molecule has 3 aromatic heterocycles. The van der Waals surface area contributed by atoms with Gasteiger partial charge in [-0.1, -0.05) is 6.07 Å². The number of rotatable bonds is 6. The summed E-state index contributed by atoms with van der Waals surface area (Å²) in [4.78, 5) is 28.5. The van der Waals surface area contributed by atoms with Crippen molar-refractivity contribution in [1.82, 2.24) is 24.5 Å². The number of pyridine rings is 1. The zero-order chi connectivity index (χ0) is 40.4. The molecule has 0 radical (unpaired) electrons. The van der Waals surface area contributed by atoms with Crippen molar-refractivity contribution in [1.29, 1.82) is 0 Å². The van der Waals surface area contributed by atoms with E-state index in [0.29, 0.717) is 4.57 Å². The van der Waals surface area contributed by atoms with Crippen molar-refractivity contribution in [2.24, 2.45) is 0 Å². The average molecular weight is 545 g/mol. The van der Waals surface area contributed by atoms with Crippen LogP contribution in [0.4, 0.5) is 30.5 Å². The molecule has 1 amide bonds. The maximum Gasteiger partial charge on any atom is 0.416 e. The first-order valence-electron chi connectivity index (χ1n) is 18.1. The van der Waals surface area contributed by atoms with Crippen molar-refractivity contribution in [3.8, 4) is 16.9 Å². The van der Waals surface area contributed by atoms with Crippen molar-refractivity contribution in [3.05, 3.63) is 108 Å². The molecule has 3 heterocycles. The summed E-state index contributed by atoms with van der Waals surface area (Å²) in [6.45, 7) is -5.72. The highest BCUT2D eigenvalue weighted by molar-refractivity contribution is 6.05. The van der Waals surface area contributed by atoms with Crippen molar-refractivity contribution in [2.45, 2.75) is 19.9 Å². The number of aromatic nitrogens is 5. The Morgan fingerprint density at radius 3 is 2.79 bits per heavy atom. The summed E-state index contributed by atoms with van der Waals surface area (Å²) in [6.07, 6.45) is -6.09. The van der Waals surface area contributed by atoms with E-state index in [0.717, 1.165) is 30.7 Å². The van der Waals surface area contributed by atoms with Crippen molar-refractivity contribution >= 4 is 23.2 Å². The zero-order valence-electron chi connectivity index (χ0n) is 34.2. The molecule has 0 bridgehead atoms. The van der Waals surface area contributed by atoms with Crippen LogP contribution in [0.3, 0.4) is 0 Å². The van der Waals surface area contributed by atoms with Gasteiger partial charge in [0.1, 0.15) is 0 Å². The molecule has 2 aromatic carbocycles. The van der Waals surface area contributed by atoms with Gasteiger partial charge in [0.05, 0.1) is 35.6 Å². The van der Waals surface area contributed by atoms with E-state index in [2.05, 4.69) is 25.3 Å². The molecule has 8 nitrogen and oxygen atoms in total. The van der Waals surface area contributed by atoms with Gasteiger partial charge in [-0.2, -0.15) is 13.2 Å². The van der Waals surface area contributed by atoms with Gasteiger partial charge >= 0.3 is 6.18 Å². The molecule has 0 aliphatic rings. The molecule has 0 spiro atoms. The van der Waals surface area contributed by atoms with Crippen LogP contribution in [-0.4, -0.2) is 30.4 Å². The van der Waals surface area contributed by atoms with Crippen LogP contribution < -0.4 is 10.6 Å². The van der Waals surface area contributed by atoms with Crippen LogP contribution in [0.5, 0.6) is 0 Å². The fraction of sp³-hybridized carbons (Fsp3) is 0.107. The number of nitrogens with zero attached hydrogens (tertiary/aromatic N) is 5. The van der Waals surface area contributed by atoms with Crippen LogP contribution >= 0.6 is 0 Å². The van der Waals surface area contributed by atoms with Crippen molar-refractivity contribution in [2.75, 3.05) is 10.6 Å². The van der Waals surface area contributed by atoms with Crippen molar-refractivity contribution in [3.63, 3.8) is 0 Å². The first-order chi connectivity index (χ1) is 24.8. The fourth-order valence-electron chi connectivity index (χ4n) is 3.14. The number of imidazole rings is 1. The molecular formula is C28H22F3N7O. The Balaban J connectivity index is 1.61. The molecule has 5 aromatic rings. The van der Waals surface area contributed by atoms with E-state index in [4.69, 9.17) is 20.6 Å². The maximum atomic E-state index is 14.2. The second kappa shape index (κ2) is 10.4. The minimum absolute atomic E-state index is 0.435. The lowest BCUT2D eigenvalue weighted by atomic mass is 10.1. The summed E-state index contributed by atoms with van der Waals surface area (Å²) >= 11 is 0. The first-order valence-corrected chi connectivity index (χ1v) is 10.6. The Morgan fingerprint density at radius 2 is 2.00 bits per heavy atom. The van der Waals surface area contributed by atoms with Gasteiger partial charge in [-0.25, -0.2) is 15.0 Å². The number of halogens is 3. The Morgan fingerprint density at radius 1 is 1.10 bits per heavy atom. The summed E-state index contributed by atoms with van der Waals surface area (Å²) in [6, 6.07) is -3.23. The highest BCUT2D eigenvalue weighted by atomic mass is 19.4. The number of carbonyl (C=O) groups excluding carboxylic acids is 1. The van der Waals surface area contributed by atoms with Crippen LogP contribution in [0.15, 0.2) is 85.5 Å². The standard InChI is InChI=1S/C28H22F3N7O/c1-17-5-6-19(10-25(17)37-27-33-9-7-24(36-27)20-4-3-8-32-14-20)26(39)35-22-11-21(28(29,30)31)12-23(13-22)38-15-18(2)34-16-38/h3-16H,1-2H3,(H,35,39)(H,33,36,37)/i1D3,2D3,3D,4D,7D,8D,9D,11D,12D,13D,14D. The van der Waals surface area contributed by atoms with Crippen LogP contribution in [0.2, 0.25) is 0 Å². The average Bonchev–Trinajstić information content (AvgIpc) is 3.53. The summed E-state index contributed by atoms with van der Waals surface area (Å²) in [5.74, 6) is -1.88. The SMILES string of the molecule is [2H]c1nc(Nc2cc(C(=O)Nc3c([2H])c(-n4cnc(C([2H])([2H])[2H])c4)c([2H])c(C(F)(F)F)c3[2H])ccc2C([2H])([2H])[2H])nc(-c2c([2H])nc([2H])c([2H])c2[2H])c1[2H]. The number of hydrogen-bond acceptors (Lipinski definition) is 6. The third-order valence-electron chi connectivity index (χ3n) is 4.89. The second-order valence-corrected chi connectivity index (χ2v) is 7.57. The van der Waals surface area contributed by atoms with E-state index in [1.807, 2.05) is 5.32 Å². The number of anilines is 3. The van der Waals surface area contributed by atoms with E-state index >= 15 is 0 Å². The smallest absolute Gasteiger partial charge is 0.324 e. The quantitative estimate of drug-likeness (QED) is 0.258. The van der Waals surface area contributed by atoms with E-state index in [1.165, 1.54) is 0 Å². The van der Waals surface area contributed by atoms with Crippen molar-refractivity contribution < 1.29 is 38.5 Å². The number of alkyl halides is 3. The molecule has 2 N–H and O–H groups in total. The summed E-state index contributed by atoms with van der Waals surface area (Å²) < 4.78 is 163.